The van der Waals surface area contributed by atoms with Gasteiger partial charge in [-0.2, -0.15) is 0 Å². The van der Waals surface area contributed by atoms with E-state index in [1.807, 2.05) is 0 Å². The number of hydrazine groups is 1. The number of guanidine groups is 1. The first-order valence-electron chi connectivity index (χ1n) is 6.62. The number of nitrogens with one attached hydrogen (secondary N) is 2. The Hall–Kier alpha value is -0.770. The maximum Gasteiger partial charge on any atom is 0.206 e. The molecule has 0 aromatic carbocycles. The molecule has 0 spiro atoms. The second-order valence-corrected chi connectivity index (χ2v) is 5.12. The minimum absolute atomic E-state index is 0.472. The molecule has 2 fully saturated rings. The van der Waals surface area contributed by atoms with Gasteiger partial charge in [-0.05, 0) is 44.4 Å². The highest BCUT2D eigenvalue weighted by Gasteiger charge is 2.24. The molecular weight excluding hydrogens is 200 g/mol. The van der Waals surface area contributed by atoms with Gasteiger partial charge >= 0.3 is 0 Å². The van der Waals surface area contributed by atoms with Crippen molar-refractivity contribution in [2.75, 3.05) is 0 Å². The van der Waals surface area contributed by atoms with Gasteiger partial charge < -0.3 is 5.32 Å². The summed E-state index contributed by atoms with van der Waals surface area (Å²) in [6.07, 6.45) is 8.91. The highest BCUT2D eigenvalue weighted by molar-refractivity contribution is 5.79. The Morgan fingerprint density at radius 2 is 1.88 bits per heavy atom. The largest absolute Gasteiger partial charge is 0.353 e. The van der Waals surface area contributed by atoms with Crippen LogP contribution in [-0.2, 0) is 0 Å². The molecule has 4 heteroatoms. The molecule has 2 aliphatic rings. The molecule has 2 saturated carbocycles. The minimum atomic E-state index is 0.472. The summed E-state index contributed by atoms with van der Waals surface area (Å²) in [7, 11) is 0. The van der Waals surface area contributed by atoms with Crippen molar-refractivity contribution in [2.24, 2.45) is 16.8 Å². The van der Waals surface area contributed by atoms with E-state index in [2.05, 4.69) is 22.7 Å². The molecule has 0 bridgehead atoms. The molecular formula is C12H24N4. The lowest BCUT2D eigenvalue weighted by Crippen LogP contribution is -2.43. The SMILES string of the molecule is CCC1CCC(N=C(NN)NC2CC2)CC1. The predicted octanol–water partition coefficient (Wildman–Crippen LogP) is 1.53. The van der Waals surface area contributed by atoms with Gasteiger partial charge in [0.25, 0.3) is 0 Å². The molecule has 0 atom stereocenters. The van der Waals surface area contributed by atoms with Crippen LogP contribution >= 0.6 is 0 Å². The Kier molecular flexibility index (Phi) is 4.04. The summed E-state index contributed by atoms with van der Waals surface area (Å²) >= 11 is 0. The molecule has 0 radical (unpaired) electrons. The first kappa shape index (κ1) is 11.7. The average molecular weight is 224 g/mol. The van der Waals surface area contributed by atoms with E-state index in [9.17, 15) is 0 Å². The first-order chi connectivity index (χ1) is 7.81. The lowest BCUT2D eigenvalue weighted by Gasteiger charge is -2.25. The molecule has 2 aliphatic carbocycles. The van der Waals surface area contributed by atoms with Gasteiger partial charge in [-0.3, -0.25) is 5.43 Å². The summed E-state index contributed by atoms with van der Waals surface area (Å²) in [5.41, 5.74) is 2.68. The fourth-order valence-corrected chi connectivity index (χ4v) is 2.40. The second-order valence-electron chi connectivity index (χ2n) is 5.12. The van der Waals surface area contributed by atoms with Crippen molar-refractivity contribution in [2.45, 2.75) is 64.0 Å². The summed E-state index contributed by atoms with van der Waals surface area (Å²) in [5.74, 6) is 7.20. The molecule has 0 aromatic heterocycles. The van der Waals surface area contributed by atoms with E-state index >= 15 is 0 Å². The van der Waals surface area contributed by atoms with Gasteiger partial charge in [0.15, 0.2) is 0 Å². The highest BCUT2D eigenvalue weighted by Crippen LogP contribution is 2.28. The fourth-order valence-electron chi connectivity index (χ4n) is 2.40. The molecule has 0 saturated heterocycles. The van der Waals surface area contributed by atoms with Crippen LogP contribution in [-0.4, -0.2) is 18.0 Å². The van der Waals surface area contributed by atoms with Gasteiger partial charge in [-0.25, -0.2) is 10.8 Å². The van der Waals surface area contributed by atoms with Crippen molar-refractivity contribution < 1.29 is 0 Å². The van der Waals surface area contributed by atoms with Crippen molar-refractivity contribution in [3.05, 3.63) is 0 Å². The third-order valence-corrected chi connectivity index (χ3v) is 3.76. The van der Waals surface area contributed by atoms with Crippen molar-refractivity contribution in [1.29, 1.82) is 0 Å². The number of aliphatic imine (C=N–C) groups is 1. The lowest BCUT2D eigenvalue weighted by atomic mass is 9.85. The van der Waals surface area contributed by atoms with Crippen LogP contribution < -0.4 is 16.6 Å². The van der Waals surface area contributed by atoms with Gasteiger partial charge in [0.05, 0.1) is 6.04 Å². The van der Waals surface area contributed by atoms with Crippen molar-refractivity contribution in [3.63, 3.8) is 0 Å². The Balaban J connectivity index is 1.79. The van der Waals surface area contributed by atoms with Gasteiger partial charge in [0.2, 0.25) is 5.96 Å². The van der Waals surface area contributed by atoms with E-state index in [1.165, 1.54) is 44.9 Å². The van der Waals surface area contributed by atoms with Gasteiger partial charge in [0, 0.05) is 6.04 Å². The van der Waals surface area contributed by atoms with Gasteiger partial charge in [-0.1, -0.05) is 13.3 Å². The Morgan fingerprint density at radius 1 is 1.19 bits per heavy atom. The van der Waals surface area contributed by atoms with Crippen LogP contribution in [0.5, 0.6) is 0 Å². The summed E-state index contributed by atoms with van der Waals surface area (Å²) in [6, 6.07) is 1.09. The molecule has 0 unspecified atom stereocenters. The highest BCUT2D eigenvalue weighted by atomic mass is 15.3. The molecule has 92 valence electrons. The van der Waals surface area contributed by atoms with Crippen molar-refractivity contribution in [3.8, 4) is 0 Å². The molecule has 0 heterocycles. The molecule has 4 nitrogen and oxygen atoms in total. The zero-order valence-corrected chi connectivity index (χ0v) is 10.2. The first-order valence-corrected chi connectivity index (χ1v) is 6.62. The van der Waals surface area contributed by atoms with E-state index in [-0.39, 0.29) is 0 Å². The predicted molar refractivity (Wildman–Crippen MR) is 67.0 cm³/mol. The Labute approximate surface area is 98.0 Å². The molecule has 2 rings (SSSR count). The summed E-state index contributed by atoms with van der Waals surface area (Å²) in [4.78, 5) is 4.67. The van der Waals surface area contributed by atoms with Crippen LogP contribution in [0.15, 0.2) is 4.99 Å². The Bertz CT molecular complexity index is 239. The normalized spacial score (nSPS) is 31.2. The topological polar surface area (TPSA) is 62.4 Å². The second kappa shape index (κ2) is 5.53. The summed E-state index contributed by atoms with van der Waals surface area (Å²) < 4.78 is 0. The number of nitrogens with two attached hydrogens (primary N) is 1. The van der Waals surface area contributed by atoms with E-state index in [0.717, 1.165) is 11.9 Å². The summed E-state index contributed by atoms with van der Waals surface area (Å²) in [6.45, 7) is 2.29. The van der Waals surface area contributed by atoms with Crippen LogP contribution in [0, 0.1) is 5.92 Å². The maximum atomic E-state index is 5.48. The fraction of sp³-hybridized carbons (Fsp3) is 0.917. The molecule has 0 amide bonds. The zero-order chi connectivity index (χ0) is 11.4. The standard InChI is InChI=1S/C12H24N4/c1-2-9-3-5-10(6-4-9)14-12(16-13)15-11-7-8-11/h9-11H,2-8,13H2,1H3,(H2,14,15,16). The molecule has 0 aromatic rings. The number of nitrogens with zero attached hydrogens (tertiary/aromatic N) is 1. The summed E-state index contributed by atoms with van der Waals surface area (Å²) in [5, 5.41) is 3.33. The van der Waals surface area contributed by atoms with Crippen LogP contribution in [0.2, 0.25) is 0 Å². The number of hydrogen-bond acceptors (Lipinski definition) is 2. The van der Waals surface area contributed by atoms with E-state index < -0.39 is 0 Å². The molecule has 0 aliphatic heterocycles. The van der Waals surface area contributed by atoms with Crippen molar-refractivity contribution >= 4 is 5.96 Å². The van der Waals surface area contributed by atoms with E-state index in [0.29, 0.717) is 12.1 Å². The molecule has 4 N–H and O–H groups in total. The van der Waals surface area contributed by atoms with E-state index in [4.69, 9.17) is 5.84 Å². The maximum absolute atomic E-state index is 5.48. The van der Waals surface area contributed by atoms with E-state index in [1.54, 1.807) is 0 Å². The number of hydrogen-bond donors (Lipinski definition) is 3. The van der Waals surface area contributed by atoms with Crippen LogP contribution in [0.1, 0.15) is 51.9 Å². The lowest BCUT2D eigenvalue weighted by molar-refractivity contribution is 0.319. The van der Waals surface area contributed by atoms with Crippen LogP contribution in [0.4, 0.5) is 0 Å². The van der Waals surface area contributed by atoms with Crippen LogP contribution in [0.3, 0.4) is 0 Å². The minimum Gasteiger partial charge on any atom is -0.353 e. The smallest absolute Gasteiger partial charge is 0.206 e. The quantitative estimate of drug-likeness (QED) is 0.295. The monoisotopic (exact) mass is 224 g/mol. The van der Waals surface area contributed by atoms with Gasteiger partial charge in [0.1, 0.15) is 0 Å². The Morgan fingerprint density at radius 3 is 2.38 bits per heavy atom. The van der Waals surface area contributed by atoms with Crippen molar-refractivity contribution in [1.82, 2.24) is 10.7 Å². The zero-order valence-electron chi connectivity index (χ0n) is 10.2. The third-order valence-electron chi connectivity index (χ3n) is 3.76. The van der Waals surface area contributed by atoms with Crippen LogP contribution in [0.25, 0.3) is 0 Å². The molecule has 16 heavy (non-hydrogen) atoms. The number of rotatable bonds is 3. The average Bonchev–Trinajstić information content (AvgIpc) is 3.13. The third kappa shape index (κ3) is 3.37. The van der Waals surface area contributed by atoms with Gasteiger partial charge in [-0.15, -0.1) is 0 Å².